The zero-order valence-electron chi connectivity index (χ0n) is 18.1. The van der Waals surface area contributed by atoms with Gasteiger partial charge in [-0.25, -0.2) is 15.0 Å². The van der Waals surface area contributed by atoms with Crippen LogP contribution < -0.4 is 0 Å². The molecule has 10 heteroatoms. The number of hydrogen-bond donors (Lipinski definition) is 1. The highest BCUT2D eigenvalue weighted by molar-refractivity contribution is 6.34. The zero-order chi connectivity index (χ0) is 22.6. The quantitative estimate of drug-likeness (QED) is 0.336. The molecule has 0 amide bonds. The molecule has 0 aliphatic rings. The van der Waals surface area contributed by atoms with Crippen molar-refractivity contribution in [1.82, 2.24) is 39.3 Å². The van der Waals surface area contributed by atoms with E-state index in [0.717, 1.165) is 39.0 Å². The highest BCUT2D eigenvalue weighted by atomic mass is 35.5. The van der Waals surface area contributed by atoms with E-state index in [-0.39, 0.29) is 12.4 Å². The number of halogens is 2. The maximum Gasteiger partial charge on any atom is 0.136 e. The van der Waals surface area contributed by atoms with Gasteiger partial charge in [0.15, 0.2) is 0 Å². The average Bonchev–Trinajstić information content (AvgIpc) is 3.62. The summed E-state index contributed by atoms with van der Waals surface area (Å²) in [5, 5.41) is 6.52. The third kappa shape index (κ3) is 4.83. The molecule has 0 unspecified atom stereocenters. The van der Waals surface area contributed by atoms with Crippen LogP contribution >= 0.6 is 24.0 Å². The number of H-pyrrole nitrogens is 1. The summed E-state index contributed by atoms with van der Waals surface area (Å²) in [5.41, 5.74) is 4.94. The first kappa shape index (κ1) is 23.2. The first-order valence-corrected chi connectivity index (χ1v) is 10.5. The number of aromatic amines is 1. The molecule has 6 aromatic rings. The van der Waals surface area contributed by atoms with Crippen molar-refractivity contribution in [2.45, 2.75) is 0 Å². The molecule has 0 atom stereocenters. The van der Waals surface area contributed by atoms with Crippen LogP contribution in [0.15, 0.2) is 92.4 Å². The molecule has 1 N–H and O–H groups in total. The first-order valence-electron chi connectivity index (χ1n) is 10.1. The normalized spacial score (nSPS) is 10.4. The van der Waals surface area contributed by atoms with Crippen molar-refractivity contribution in [2.24, 2.45) is 7.05 Å². The molecule has 5 aromatic heterocycles. The summed E-state index contributed by atoms with van der Waals surface area (Å²) in [4.78, 5) is 19.6. The molecule has 5 heterocycles. The lowest BCUT2D eigenvalue weighted by molar-refractivity contribution is 0.768. The zero-order valence-corrected chi connectivity index (χ0v) is 19.6. The summed E-state index contributed by atoms with van der Waals surface area (Å²) < 4.78 is 3.75. The maximum atomic E-state index is 6.17. The molecule has 0 aliphatic heterocycles. The number of nitrogens with zero attached hydrogens (tertiary/aromatic N) is 7. The molecule has 34 heavy (non-hydrogen) atoms. The van der Waals surface area contributed by atoms with Crippen LogP contribution in [0.1, 0.15) is 0 Å². The topological polar surface area (TPSA) is 90.1 Å². The summed E-state index contributed by atoms with van der Waals surface area (Å²) in [6.45, 7) is 0. The number of rotatable bonds is 3. The predicted octanol–water partition coefficient (Wildman–Crippen LogP) is 5.37. The minimum Gasteiger partial charge on any atom is -0.345 e. The fourth-order valence-electron chi connectivity index (χ4n) is 3.47. The molecule has 0 bridgehead atoms. The average molecular weight is 491 g/mol. The molecule has 0 fully saturated rings. The van der Waals surface area contributed by atoms with Crippen molar-refractivity contribution < 1.29 is 0 Å². The van der Waals surface area contributed by atoms with Crippen LogP contribution in [0.25, 0.3) is 39.0 Å². The number of aromatic nitrogens is 8. The second-order valence-corrected chi connectivity index (χ2v) is 7.61. The van der Waals surface area contributed by atoms with Crippen LogP contribution in [0.3, 0.4) is 0 Å². The minimum absolute atomic E-state index is 0. The van der Waals surface area contributed by atoms with Gasteiger partial charge in [0, 0.05) is 59.9 Å². The number of nitrogens with one attached hydrogen (secondary N) is 1. The van der Waals surface area contributed by atoms with Crippen LogP contribution in [-0.4, -0.2) is 39.3 Å². The van der Waals surface area contributed by atoms with Gasteiger partial charge in [-0.1, -0.05) is 23.7 Å². The van der Waals surface area contributed by atoms with Gasteiger partial charge in [0.05, 0.1) is 42.1 Å². The molecule has 0 radical (unpaired) electrons. The third-order valence-electron chi connectivity index (χ3n) is 5.07. The van der Waals surface area contributed by atoms with E-state index >= 15 is 0 Å². The number of aryl methyl sites for hydroxylation is 1. The van der Waals surface area contributed by atoms with Gasteiger partial charge in [-0.15, -0.1) is 12.4 Å². The molecule has 1 aromatic carbocycles. The van der Waals surface area contributed by atoms with Crippen LogP contribution in [0.4, 0.5) is 0 Å². The summed E-state index contributed by atoms with van der Waals surface area (Å²) in [6.07, 6.45) is 16.2. The van der Waals surface area contributed by atoms with Gasteiger partial charge in [0.2, 0.25) is 0 Å². The largest absolute Gasteiger partial charge is 0.345 e. The second kappa shape index (κ2) is 10.3. The van der Waals surface area contributed by atoms with Crippen LogP contribution in [0, 0.1) is 0 Å². The Kier molecular flexibility index (Phi) is 7.01. The van der Waals surface area contributed by atoms with Crippen molar-refractivity contribution in [3.63, 3.8) is 0 Å². The minimum atomic E-state index is 0. The van der Waals surface area contributed by atoms with Crippen LogP contribution in [0.5, 0.6) is 0 Å². The van der Waals surface area contributed by atoms with Crippen LogP contribution in [-0.2, 0) is 7.05 Å². The Balaban J connectivity index is 0.000000193. The summed E-state index contributed by atoms with van der Waals surface area (Å²) in [6, 6.07) is 11.8. The third-order valence-corrected chi connectivity index (χ3v) is 5.37. The smallest absolute Gasteiger partial charge is 0.136 e. The summed E-state index contributed by atoms with van der Waals surface area (Å²) in [5.74, 6) is 0. The van der Waals surface area contributed by atoms with E-state index in [1.54, 1.807) is 48.3 Å². The van der Waals surface area contributed by atoms with Crippen molar-refractivity contribution in [1.29, 1.82) is 0 Å². The lowest BCUT2D eigenvalue weighted by Crippen LogP contribution is -1.92. The Morgan fingerprint density at radius 1 is 0.853 bits per heavy atom. The van der Waals surface area contributed by atoms with Gasteiger partial charge in [-0.2, -0.15) is 5.10 Å². The molecule has 0 saturated carbocycles. The Morgan fingerprint density at radius 3 is 2.50 bits per heavy atom. The fourth-order valence-corrected chi connectivity index (χ4v) is 3.69. The van der Waals surface area contributed by atoms with Gasteiger partial charge in [-0.3, -0.25) is 9.67 Å². The van der Waals surface area contributed by atoms with E-state index < -0.39 is 0 Å². The van der Waals surface area contributed by atoms with Crippen molar-refractivity contribution in [3.8, 4) is 28.2 Å². The molecule has 0 spiro atoms. The predicted molar refractivity (Wildman–Crippen MR) is 135 cm³/mol. The Hall–Kier alpha value is -4.01. The molecular weight excluding hydrogens is 471 g/mol. The second-order valence-electron chi connectivity index (χ2n) is 7.25. The van der Waals surface area contributed by atoms with Gasteiger partial charge < -0.3 is 9.55 Å². The van der Waals surface area contributed by atoms with E-state index in [9.17, 15) is 0 Å². The standard InChI is InChI=1S/C17H11ClN4.C7H8N4.ClH/c18-17-14-4-1-5-16(13(14)6-8-20-17)22-10-15(21-11-22)12-3-2-7-19-9-12;1-11-4-6(2-10-11)7-3-8-5-9-7;/h1-11H;2-5H,1H3,(H,8,9);1H. The Morgan fingerprint density at radius 2 is 1.76 bits per heavy atom. The summed E-state index contributed by atoms with van der Waals surface area (Å²) >= 11 is 6.17. The highest BCUT2D eigenvalue weighted by Gasteiger charge is 2.08. The molecule has 0 saturated heterocycles. The molecule has 6 rings (SSSR count). The SMILES string of the molecule is Cl.Clc1nccc2c(-n3cnc(-c4cccnc4)c3)cccc12.Cn1cc(-c2cnc[nH]2)cn1. The molecular formula is C24H20Cl2N8. The van der Waals surface area contributed by atoms with Gasteiger partial charge in [0.25, 0.3) is 0 Å². The number of fused-ring (bicyclic) bond motifs is 1. The summed E-state index contributed by atoms with van der Waals surface area (Å²) in [7, 11) is 1.89. The molecule has 0 aliphatic carbocycles. The van der Waals surface area contributed by atoms with E-state index in [0.29, 0.717) is 5.15 Å². The van der Waals surface area contributed by atoms with Crippen molar-refractivity contribution in [2.75, 3.05) is 0 Å². The van der Waals surface area contributed by atoms with Gasteiger partial charge >= 0.3 is 0 Å². The number of imidazole rings is 2. The number of benzene rings is 1. The molecule has 170 valence electrons. The highest BCUT2D eigenvalue weighted by Crippen LogP contribution is 2.27. The van der Waals surface area contributed by atoms with E-state index in [4.69, 9.17) is 11.6 Å². The number of pyridine rings is 2. The van der Waals surface area contributed by atoms with E-state index in [1.165, 1.54) is 0 Å². The van der Waals surface area contributed by atoms with Crippen molar-refractivity contribution in [3.05, 3.63) is 97.6 Å². The van der Waals surface area contributed by atoms with E-state index in [2.05, 4.69) is 30.0 Å². The lowest BCUT2D eigenvalue weighted by Gasteiger charge is -2.07. The lowest BCUT2D eigenvalue weighted by atomic mass is 10.1. The van der Waals surface area contributed by atoms with Crippen LogP contribution in [0.2, 0.25) is 5.15 Å². The monoisotopic (exact) mass is 490 g/mol. The van der Waals surface area contributed by atoms with Gasteiger partial charge in [0.1, 0.15) is 5.15 Å². The Bertz CT molecular complexity index is 1490. The maximum absolute atomic E-state index is 6.17. The Labute approximate surface area is 206 Å². The molecule has 8 nitrogen and oxygen atoms in total. The van der Waals surface area contributed by atoms with Gasteiger partial charge in [-0.05, 0) is 24.3 Å². The number of hydrogen-bond acceptors (Lipinski definition) is 5. The first-order chi connectivity index (χ1) is 16.2. The van der Waals surface area contributed by atoms with E-state index in [1.807, 2.05) is 60.4 Å². The fraction of sp³-hybridized carbons (Fsp3) is 0.0417. The van der Waals surface area contributed by atoms with Crippen molar-refractivity contribution >= 4 is 34.8 Å².